The topological polar surface area (TPSA) is 86.1 Å². The highest BCUT2D eigenvalue weighted by Gasteiger charge is 2.22. The van der Waals surface area contributed by atoms with E-state index >= 15 is 0 Å². The normalized spacial score (nSPS) is 14.9. The number of carbonyl (C=O) groups excluding carboxylic acids is 2. The molecule has 1 aliphatic rings. The molecule has 1 saturated carbocycles. The second-order valence-electron chi connectivity index (χ2n) is 8.10. The largest absolute Gasteiger partial charge is 0.452 e. The molecule has 0 atom stereocenters. The molecule has 0 radical (unpaired) electrons. The zero-order valence-corrected chi connectivity index (χ0v) is 18.1. The monoisotopic (exact) mass is 432 g/mol. The Kier molecular flexibility index (Phi) is 7.27. The van der Waals surface area contributed by atoms with Crippen molar-refractivity contribution in [2.45, 2.75) is 51.0 Å². The molecule has 1 aliphatic carbocycles. The molecule has 1 fully saturated rings. The van der Waals surface area contributed by atoms with Crippen LogP contribution in [0.3, 0.4) is 0 Å². The standard InChI is InChI=1S/C25H28N4O3/c30-23(27-20-11-5-2-1-3-6-12-20)18-32-25(31)22-17-29(21-13-7-4-8-14-21)28-24(22)19-10-9-15-26-16-19/h4,7-10,13-17,20H,1-3,5-6,11-12,18H2,(H,27,30). The molecule has 2 aromatic heterocycles. The van der Waals surface area contributed by atoms with Crippen molar-refractivity contribution in [2.75, 3.05) is 6.61 Å². The van der Waals surface area contributed by atoms with Crippen LogP contribution in [0.4, 0.5) is 0 Å². The fourth-order valence-electron chi connectivity index (χ4n) is 4.03. The predicted molar refractivity (Wildman–Crippen MR) is 121 cm³/mol. The van der Waals surface area contributed by atoms with Crippen LogP contribution >= 0.6 is 0 Å². The van der Waals surface area contributed by atoms with Crippen LogP contribution < -0.4 is 5.32 Å². The predicted octanol–water partition coefficient (Wildman–Crippen LogP) is 4.32. The third-order valence-corrected chi connectivity index (χ3v) is 5.69. The highest BCUT2D eigenvalue weighted by molar-refractivity contribution is 5.97. The summed E-state index contributed by atoms with van der Waals surface area (Å²) >= 11 is 0. The van der Waals surface area contributed by atoms with Crippen molar-refractivity contribution in [1.29, 1.82) is 0 Å². The minimum Gasteiger partial charge on any atom is -0.452 e. The maximum Gasteiger partial charge on any atom is 0.342 e. The van der Waals surface area contributed by atoms with Crippen molar-refractivity contribution >= 4 is 11.9 Å². The number of nitrogens with one attached hydrogen (secondary N) is 1. The molecule has 7 nitrogen and oxygen atoms in total. The lowest BCUT2D eigenvalue weighted by atomic mass is 9.97. The second kappa shape index (κ2) is 10.7. The molecule has 4 rings (SSSR count). The molecular weight excluding hydrogens is 404 g/mol. The summed E-state index contributed by atoms with van der Waals surface area (Å²) in [5.74, 6) is -0.846. The first-order valence-electron chi connectivity index (χ1n) is 11.2. The van der Waals surface area contributed by atoms with Gasteiger partial charge in [-0.2, -0.15) is 5.10 Å². The van der Waals surface area contributed by atoms with Crippen LogP contribution in [0, 0.1) is 0 Å². The Morgan fingerprint density at radius 2 is 1.75 bits per heavy atom. The molecule has 3 aromatic rings. The maximum atomic E-state index is 12.9. The summed E-state index contributed by atoms with van der Waals surface area (Å²) in [6.07, 6.45) is 12.8. The van der Waals surface area contributed by atoms with Gasteiger partial charge in [-0.15, -0.1) is 0 Å². The van der Waals surface area contributed by atoms with Crippen molar-refractivity contribution in [3.63, 3.8) is 0 Å². The van der Waals surface area contributed by atoms with E-state index in [1.165, 1.54) is 19.3 Å². The number of amides is 1. The van der Waals surface area contributed by atoms with Crippen molar-refractivity contribution in [2.24, 2.45) is 0 Å². The molecule has 0 aliphatic heterocycles. The summed E-state index contributed by atoms with van der Waals surface area (Å²) in [6, 6.07) is 13.3. The van der Waals surface area contributed by atoms with E-state index in [0.29, 0.717) is 16.8 Å². The Morgan fingerprint density at radius 3 is 2.47 bits per heavy atom. The van der Waals surface area contributed by atoms with Gasteiger partial charge in [-0.3, -0.25) is 9.78 Å². The van der Waals surface area contributed by atoms with E-state index in [0.717, 1.165) is 31.4 Å². The lowest BCUT2D eigenvalue weighted by Gasteiger charge is -2.20. The van der Waals surface area contributed by atoms with Crippen LogP contribution in [0.2, 0.25) is 0 Å². The van der Waals surface area contributed by atoms with Crippen molar-refractivity contribution in [3.05, 3.63) is 66.6 Å². The van der Waals surface area contributed by atoms with Gasteiger partial charge in [0.2, 0.25) is 0 Å². The third kappa shape index (κ3) is 5.60. The van der Waals surface area contributed by atoms with Gasteiger partial charge in [-0.25, -0.2) is 9.48 Å². The number of rotatable bonds is 6. The minimum atomic E-state index is -0.584. The van der Waals surface area contributed by atoms with E-state index in [9.17, 15) is 9.59 Å². The maximum absolute atomic E-state index is 12.9. The van der Waals surface area contributed by atoms with Crippen molar-refractivity contribution < 1.29 is 14.3 Å². The zero-order valence-electron chi connectivity index (χ0n) is 18.1. The van der Waals surface area contributed by atoms with E-state index in [2.05, 4.69) is 15.4 Å². The number of hydrogen-bond acceptors (Lipinski definition) is 5. The van der Waals surface area contributed by atoms with Crippen LogP contribution in [0.1, 0.15) is 55.3 Å². The van der Waals surface area contributed by atoms with E-state index < -0.39 is 5.97 Å². The molecular formula is C25H28N4O3. The number of hydrogen-bond donors (Lipinski definition) is 1. The number of aromatic nitrogens is 3. The van der Waals surface area contributed by atoms with Gasteiger partial charge in [-0.05, 0) is 37.1 Å². The Morgan fingerprint density at radius 1 is 1.00 bits per heavy atom. The van der Waals surface area contributed by atoms with E-state index in [1.807, 2.05) is 36.4 Å². The highest BCUT2D eigenvalue weighted by atomic mass is 16.5. The van der Waals surface area contributed by atoms with Crippen LogP contribution in [0.25, 0.3) is 16.9 Å². The lowest BCUT2D eigenvalue weighted by molar-refractivity contribution is -0.125. The van der Waals surface area contributed by atoms with E-state index in [-0.39, 0.29) is 18.6 Å². The molecule has 7 heteroatoms. The molecule has 0 unspecified atom stereocenters. The van der Waals surface area contributed by atoms with Gasteiger partial charge in [0.25, 0.3) is 5.91 Å². The Bertz CT molecular complexity index is 1030. The Labute approximate surface area is 187 Å². The molecule has 0 saturated heterocycles. The number of carbonyl (C=O) groups is 2. The number of para-hydroxylation sites is 1. The minimum absolute atomic E-state index is 0.160. The molecule has 2 heterocycles. The molecule has 1 N–H and O–H groups in total. The molecule has 0 bridgehead atoms. The van der Waals surface area contributed by atoms with Crippen LogP contribution in [0.15, 0.2) is 61.1 Å². The fraction of sp³-hybridized carbons (Fsp3) is 0.360. The van der Waals surface area contributed by atoms with Crippen LogP contribution in [-0.4, -0.2) is 39.3 Å². The summed E-state index contributed by atoms with van der Waals surface area (Å²) in [5, 5.41) is 7.61. The van der Waals surface area contributed by atoms with Gasteiger partial charge in [0, 0.05) is 30.2 Å². The number of esters is 1. The molecule has 0 spiro atoms. The van der Waals surface area contributed by atoms with Gasteiger partial charge >= 0.3 is 5.97 Å². The summed E-state index contributed by atoms with van der Waals surface area (Å²) in [4.78, 5) is 29.4. The summed E-state index contributed by atoms with van der Waals surface area (Å²) in [5.41, 5.74) is 2.28. The number of ether oxygens (including phenoxy) is 1. The number of pyridine rings is 1. The highest BCUT2D eigenvalue weighted by Crippen LogP contribution is 2.24. The Hall–Kier alpha value is -3.48. The second-order valence-corrected chi connectivity index (χ2v) is 8.10. The number of benzene rings is 1. The third-order valence-electron chi connectivity index (χ3n) is 5.69. The summed E-state index contributed by atoms with van der Waals surface area (Å²) < 4.78 is 7.01. The SMILES string of the molecule is O=C(COC(=O)c1cn(-c2ccccc2)nc1-c1cccnc1)NC1CCCCCCC1. The van der Waals surface area contributed by atoms with E-state index in [1.54, 1.807) is 29.3 Å². The first kappa shape index (κ1) is 21.7. The molecule has 32 heavy (non-hydrogen) atoms. The van der Waals surface area contributed by atoms with Gasteiger partial charge in [0.15, 0.2) is 6.61 Å². The quantitative estimate of drug-likeness (QED) is 0.586. The smallest absolute Gasteiger partial charge is 0.342 e. The first-order chi connectivity index (χ1) is 15.7. The number of nitrogens with zero attached hydrogens (tertiary/aromatic N) is 3. The van der Waals surface area contributed by atoms with Gasteiger partial charge in [-0.1, -0.05) is 50.3 Å². The van der Waals surface area contributed by atoms with Gasteiger partial charge in [0.1, 0.15) is 11.3 Å². The zero-order chi connectivity index (χ0) is 22.2. The summed E-state index contributed by atoms with van der Waals surface area (Å²) in [7, 11) is 0. The first-order valence-corrected chi connectivity index (χ1v) is 11.2. The molecule has 166 valence electrons. The molecule has 1 aromatic carbocycles. The fourth-order valence-corrected chi connectivity index (χ4v) is 4.03. The lowest BCUT2D eigenvalue weighted by Crippen LogP contribution is -2.38. The van der Waals surface area contributed by atoms with Crippen LogP contribution in [0.5, 0.6) is 0 Å². The van der Waals surface area contributed by atoms with Gasteiger partial charge in [0.05, 0.1) is 5.69 Å². The van der Waals surface area contributed by atoms with Gasteiger partial charge < -0.3 is 10.1 Å². The molecule has 1 amide bonds. The van der Waals surface area contributed by atoms with E-state index in [4.69, 9.17) is 4.74 Å². The summed E-state index contributed by atoms with van der Waals surface area (Å²) in [6.45, 7) is -0.307. The average Bonchev–Trinajstić information content (AvgIpc) is 3.26. The van der Waals surface area contributed by atoms with Crippen LogP contribution in [-0.2, 0) is 9.53 Å². The van der Waals surface area contributed by atoms with Crippen molar-refractivity contribution in [1.82, 2.24) is 20.1 Å². The Balaban J connectivity index is 1.46. The van der Waals surface area contributed by atoms with Crippen molar-refractivity contribution in [3.8, 4) is 16.9 Å². The average molecular weight is 433 g/mol.